The standard InChI is InChI=1S/C27H33N3O4/c1-18(2)23-25(32)30(26(33)29-23)20-13-15-27(16-14-20,19-9-5-4-6-10-19)17-28-24(31)21-11-7-8-12-22(21)34-3/h4-12,18,20,23H,13-17H2,1-3H3,(H,28,31)(H,29,33). The number of ether oxygens (including phenoxy) is 1. The predicted octanol–water partition coefficient (Wildman–Crippen LogP) is 3.88. The maximum absolute atomic E-state index is 13.0. The molecule has 4 rings (SSSR count). The van der Waals surface area contributed by atoms with Gasteiger partial charge in [-0.2, -0.15) is 0 Å². The fourth-order valence-corrected chi connectivity index (χ4v) is 5.26. The first kappa shape index (κ1) is 23.8. The Labute approximate surface area is 200 Å². The van der Waals surface area contributed by atoms with Crippen molar-refractivity contribution in [2.75, 3.05) is 13.7 Å². The van der Waals surface area contributed by atoms with E-state index in [9.17, 15) is 14.4 Å². The van der Waals surface area contributed by atoms with E-state index < -0.39 is 6.04 Å². The van der Waals surface area contributed by atoms with Gasteiger partial charge in [-0.3, -0.25) is 14.5 Å². The van der Waals surface area contributed by atoms with Gasteiger partial charge in [0.2, 0.25) is 0 Å². The predicted molar refractivity (Wildman–Crippen MR) is 130 cm³/mol. The average Bonchev–Trinajstić information content (AvgIpc) is 3.17. The Morgan fingerprint density at radius 3 is 2.35 bits per heavy atom. The summed E-state index contributed by atoms with van der Waals surface area (Å²) in [5.41, 5.74) is 1.39. The van der Waals surface area contributed by atoms with Crippen LogP contribution in [-0.2, 0) is 10.2 Å². The van der Waals surface area contributed by atoms with Crippen molar-refractivity contribution in [1.82, 2.24) is 15.5 Å². The lowest BCUT2D eigenvalue weighted by Crippen LogP contribution is -2.49. The van der Waals surface area contributed by atoms with E-state index in [1.165, 1.54) is 4.90 Å². The molecule has 0 bridgehead atoms. The molecule has 2 N–H and O–H groups in total. The minimum atomic E-state index is -0.451. The molecule has 1 saturated carbocycles. The third-order valence-corrected chi connectivity index (χ3v) is 7.27. The van der Waals surface area contributed by atoms with Crippen molar-refractivity contribution in [3.05, 3.63) is 65.7 Å². The molecule has 1 aliphatic carbocycles. The fourth-order valence-electron chi connectivity index (χ4n) is 5.26. The van der Waals surface area contributed by atoms with Crippen LogP contribution < -0.4 is 15.4 Å². The van der Waals surface area contributed by atoms with Gasteiger partial charge < -0.3 is 15.4 Å². The second-order valence-electron chi connectivity index (χ2n) is 9.64. The zero-order chi connectivity index (χ0) is 24.3. The topological polar surface area (TPSA) is 87.7 Å². The van der Waals surface area contributed by atoms with Crippen LogP contribution in [0.4, 0.5) is 4.79 Å². The van der Waals surface area contributed by atoms with Crippen LogP contribution in [0.25, 0.3) is 0 Å². The number of hydrogen-bond acceptors (Lipinski definition) is 4. The van der Waals surface area contributed by atoms with Crippen LogP contribution in [0.3, 0.4) is 0 Å². The molecule has 0 spiro atoms. The van der Waals surface area contributed by atoms with Gasteiger partial charge in [-0.15, -0.1) is 0 Å². The molecule has 34 heavy (non-hydrogen) atoms. The third kappa shape index (κ3) is 4.52. The Hall–Kier alpha value is -3.35. The number of methoxy groups -OCH3 is 1. The van der Waals surface area contributed by atoms with Gasteiger partial charge in [0.05, 0.1) is 12.7 Å². The molecule has 7 heteroatoms. The lowest BCUT2D eigenvalue weighted by molar-refractivity contribution is -0.130. The first-order valence-electron chi connectivity index (χ1n) is 12.0. The molecular formula is C27H33N3O4. The highest BCUT2D eigenvalue weighted by atomic mass is 16.5. The van der Waals surface area contributed by atoms with Gasteiger partial charge in [-0.05, 0) is 49.3 Å². The molecule has 1 saturated heterocycles. The van der Waals surface area contributed by atoms with Gasteiger partial charge >= 0.3 is 6.03 Å². The van der Waals surface area contributed by atoms with E-state index in [-0.39, 0.29) is 35.2 Å². The summed E-state index contributed by atoms with van der Waals surface area (Å²) in [5, 5.41) is 5.97. The molecule has 4 amide bonds. The summed E-state index contributed by atoms with van der Waals surface area (Å²) in [6.07, 6.45) is 2.92. The number of nitrogens with one attached hydrogen (secondary N) is 2. The summed E-state index contributed by atoms with van der Waals surface area (Å²) in [6, 6.07) is 16.5. The number of imide groups is 1. The van der Waals surface area contributed by atoms with Crippen LogP contribution in [0.5, 0.6) is 5.75 Å². The smallest absolute Gasteiger partial charge is 0.325 e. The highest BCUT2D eigenvalue weighted by molar-refractivity contribution is 6.04. The summed E-state index contributed by atoms with van der Waals surface area (Å²) in [4.78, 5) is 39.9. The summed E-state index contributed by atoms with van der Waals surface area (Å²) in [6.45, 7) is 4.35. The molecular weight excluding hydrogens is 430 g/mol. The maximum atomic E-state index is 13.0. The summed E-state index contributed by atoms with van der Waals surface area (Å²) in [7, 11) is 1.55. The van der Waals surface area contributed by atoms with E-state index in [0.29, 0.717) is 30.7 Å². The van der Waals surface area contributed by atoms with E-state index in [1.807, 2.05) is 44.2 Å². The lowest BCUT2D eigenvalue weighted by Gasteiger charge is -2.42. The van der Waals surface area contributed by atoms with E-state index >= 15 is 0 Å². The average molecular weight is 464 g/mol. The molecule has 2 aromatic rings. The number of amides is 4. The maximum Gasteiger partial charge on any atom is 0.325 e. The number of hydrogen-bond donors (Lipinski definition) is 2. The molecule has 1 unspecified atom stereocenters. The minimum Gasteiger partial charge on any atom is -0.496 e. The van der Waals surface area contributed by atoms with E-state index in [2.05, 4.69) is 22.8 Å². The number of nitrogens with zero attached hydrogens (tertiary/aromatic N) is 1. The van der Waals surface area contributed by atoms with Gasteiger partial charge in [-0.25, -0.2) is 4.79 Å². The van der Waals surface area contributed by atoms with Gasteiger partial charge in [-0.1, -0.05) is 56.3 Å². The first-order valence-corrected chi connectivity index (χ1v) is 12.0. The van der Waals surface area contributed by atoms with Crippen LogP contribution in [0.2, 0.25) is 0 Å². The first-order chi connectivity index (χ1) is 16.4. The van der Waals surface area contributed by atoms with E-state index in [1.54, 1.807) is 19.2 Å². The quantitative estimate of drug-likeness (QED) is 0.610. The summed E-state index contributed by atoms with van der Waals surface area (Å²) in [5.74, 6) is 0.291. The van der Waals surface area contributed by atoms with Crippen molar-refractivity contribution in [2.24, 2.45) is 5.92 Å². The van der Waals surface area contributed by atoms with Crippen LogP contribution in [0, 0.1) is 5.92 Å². The van der Waals surface area contributed by atoms with Crippen molar-refractivity contribution < 1.29 is 19.1 Å². The molecule has 180 valence electrons. The molecule has 1 atom stereocenters. The SMILES string of the molecule is COc1ccccc1C(=O)NCC1(c2ccccc2)CCC(N2C(=O)NC(C(C)C)C2=O)CC1. The number of rotatable bonds is 7. The summed E-state index contributed by atoms with van der Waals surface area (Å²) >= 11 is 0. The Balaban J connectivity index is 1.51. The Morgan fingerprint density at radius 1 is 1.09 bits per heavy atom. The van der Waals surface area contributed by atoms with Crippen molar-refractivity contribution in [2.45, 2.75) is 57.0 Å². The second-order valence-corrected chi connectivity index (χ2v) is 9.64. The van der Waals surface area contributed by atoms with Crippen LogP contribution >= 0.6 is 0 Å². The Bertz CT molecular complexity index is 1040. The molecule has 1 aliphatic heterocycles. The zero-order valence-electron chi connectivity index (χ0n) is 20.0. The highest BCUT2D eigenvalue weighted by Gasteiger charge is 2.46. The number of carbonyl (C=O) groups excluding carboxylic acids is 3. The number of carbonyl (C=O) groups is 3. The van der Waals surface area contributed by atoms with E-state index in [4.69, 9.17) is 4.74 Å². The minimum absolute atomic E-state index is 0.0543. The Morgan fingerprint density at radius 2 is 1.74 bits per heavy atom. The van der Waals surface area contributed by atoms with Gasteiger partial charge in [0, 0.05) is 18.0 Å². The van der Waals surface area contributed by atoms with Gasteiger partial charge in [0.1, 0.15) is 11.8 Å². The van der Waals surface area contributed by atoms with Crippen LogP contribution in [-0.4, -0.2) is 48.5 Å². The summed E-state index contributed by atoms with van der Waals surface area (Å²) < 4.78 is 5.35. The molecule has 7 nitrogen and oxygen atoms in total. The molecule has 2 fully saturated rings. The molecule has 1 heterocycles. The third-order valence-electron chi connectivity index (χ3n) is 7.27. The van der Waals surface area contributed by atoms with Crippen LogP contribution in [0.15, 0.2) is 54.6 Å². The van der Waals surface area contributed by atoms with E-state index in [0.717, 1.165) is 18.4 Å². The Kier molecular flexibility index (Phi) is 6.91. The lowest BCUT2D eigenvalue weighted by atomic mass is 9.67. The normalized spacial score (nSPS) is 24.8. The largest absolute Gasteiger partial charge is 0.496 e. The zero-order valence-corrected chi connectivity index (χ0v) is 20.0. The number of benzene rings is 2. The van der Waals surface area contributed by atoms with Gasteiger partial charge in [0.25, 0.3) is 11.8 Å². The molecule has 0 aromatic heterocycles. The number of urea groups is 1. The molecule has 2 aromatic carbocycles. The number of para-hydroxylation sites is 1. The highest BCUT2D eigenvalue weighted by Crippen LogP contribution is 2.41. The van der Waals surface area contributed by atoms with Gasteiger partial charge in [0.15, 0.2) is 0 Å². The van der Waals surface area contributed by atoms with Crippen molar-refractivity contribution in [3.8, 4) is 5.75 Å². The van der Waals surface area contributed by atoms with Crippen molar-refractivity contribution >= 4 is 17.8 Å². The van der Waals surface area contributed by atoms with Crippen LogP contribution in [0.1, 0.15) is 55.5 Å². The fraction of sp³-hybridized carbons (Fsp3) is 0.444. The van der Waals surface area contributed by atoms with Crippen molar-refractivity contribution in [1.29, 1.82) is 0 Å². The molecule has 2 aliphatic rings. The molecule has 0 radical (unpaired) electrons. The van der Waals surface area contributed by atoms with Crippen molar-refractivity contribution in [3.63, 3.8) is 0 Å². The monoisotopic (exact) mass is 463 g/mol. The second kappa shape index (κ2) is 9.87.